The van der Waals surface area contributed by atoms with Gasteiger partial charge in [-0.25, -0.2) is 19.3 Å². The number of hydrogen-bond acceptors (Lipinski definition) is 7. The van der Waals surface area contributed by atoms with Crippen molar-refractivity contribution in [1.29, 1.82) is 0 Å². The Morgan fingerprint density at radius 1 is 1.12 bits per heavy atom. The maximum absolute atomic E-state index is 12.4. The predicted molar refractivity (Wildman–Crippen MR) is 89.5 cm³/mol. The molecule has 1 N–H and O–H groups in total. The first-order chi connectivity index (χ1) is 12.8. The third-order valence-corrected chi connectivity index (χ3v) is 3.64. The quantitative estimate of drug-likeness (QED) is 0.561. The number of tetrazole rings is 1. The summed E-state index contributed by atoms with van der Waals surface area (Å²) in [5.41, 5.74) is 2.10. The van der Waals surface area contributed by atoms with Crippen molar-refractivity contribution in [2.45, 2.75) is 6.54 Å². The van der Waals surface area contributed by atoms with Crippen LogP contribution in [0.25, 0.3) is 11.5 Å². The highest BCUT2D eigenvalue weighted by molar-refractivity contribution is 5.94. The lowest BCUT2D eigenvalue weighted by atomic mass is 10.2. The topological polar surface area (TPSA) is 116 Å². The van der Waals surface area contributed by atoms with Crippen LogP contribution in [0.4, 0.5) is 0 Å². The standard InChI is InChI=1S/C16H13N9O/c26-16(13-2-1-3-14(6-13)24-11-20-22-23-24)19-8-12-4-5-15(18-7-12)25-10-17-9-21-25/h1-7,9-11H,8H2,(H,19,26). The van der Waals surface area contributed by atoms with Crippen LogP contribution in [0.1, 0.15) is 15.9 Å². The van der Waals surface area contributed by atoms with Gasteiger partial charge in [0.1, 0.15) is 19.0 Å². The predicted octanol–water partition coefficient (Wildman–Crippen LogP) is 0.568. The second kappa shape index (κ2) is 6.89. The minimum atomic E-state index is -0.194. The lowest BCUT2D eigenvalue weighted by Crippen LogP contribution is -2.23. The van der Waals surface area contributed by atoms with Crippen LogP contribution in [-0.2, 0) is 6.54 Å². The van der Waals surface area contributed by atoms with E-state index in [-0.39, 0.29) is 5.91 Å². The number of benzene rings is 1. The van der Waals surface area contributed by atoms with E-state index in [1.807, 2.05) is 18.2 Å². The molecule has 0 unspecified atom stereocenters. The van der Waals surface area contributed by atoms with E-state index in [0.29, 0.717) is 23.6 Å². The first kappa shape index (κ1) is 15.6. The minimum Gasteiger partial charge on any atom is -0.348 e. The maximum Gasteiger partial charge on any atom is 0.251 e. The van der Waals surface area contributed by atoms with Crippen LogP contribution in [0, 0.1) is 0 Å². The summed E-state index contributed by atoms with van der Waals surface area (Å²) < 4.78 is 3.05. The molecule has 0 saturated heterocycles. The van der Waals surface area contributed by atoms with Crippen LogP contribution in [0.3, 0.4) is 0 Å². The zero-order chi connectivity index (χ0) is 17.8. The Balaban J connectivity index is 1.42. The molecule has 128 valence electrons. The summed E-state index contributed by atoms with van der Waals surface area (Å²) >= 11 is 0. The molecular formula is C16H13N9O. The molecule has 1 amide bonds. The Labute approximate surface area is 147 Å². The summed E-state index contributed by atoms with van der Waals surface area (Å²) in [4.78, 5) is 20.6. The second-order valence-electron chi connectivity index (χ2n) is 5.35. The number of nitrogens with zero attached hydrogens (tertiary/aromatic N) is 8. The van der Waals surface area contributed by atoms with Gasteiger partial charge in [0.05, 0.1) is 5.69 Å². The Morgan fingerprint density at radius 2 is 2.08 bits per heavy atom. The van der Waals surface area contributed by atoms with Crippen molar-refractivity contribution < 1.29 is 4.79 Å². The first-order valence-electron chi connectivity index (χ1n) is 7.71. The monoisotopic (exact) mass is 347 g/mol. The average molecular weight is 347 g/mol. The summed E-state index contributed by atoms with van der Waals surface area (Å²) in [6, 6.07) is 10.7. The first-order valence-corrected chi connectivity index (χ1v) is 7.71. The van der Waals surface area contributed by atoms with Crippen LogP contribution in [0.15, 0.2) is 61.6 Å². The summed E-state index contributed by atoms with van der Waals surface area (Å²) in [6.45, 7) is 0.360. The fraction of sp³-hybridized carbons (Fsp3) is 0.0625. The van der Waals surface area contributed by atoms with E-state index in [9.17, 15) is 4.79 Å². The number of amides is 1. The van der Waals surface area contributed by atoms with E-state index in [2.05, 4.69) is 35.9 Å². The third-order valence-electron chi connectivity index (χ3n) is 3.64. The number of hydrogen-bond donors (Lipinski definition) is 1. The number of carbonyl (C=O) groups excluding carboxylic acids is 1. The van der Waals surface area contributed by atoms with Gasteiger partial charge in [0.2, 0.25) is 0 Å². The molecule has 10 heteroatoms. The molecule has 1 aromatic carbocycles. The smallest absolute Gasteiger partial charge is 0.251 e. The van der Waals surface area contributed by atoms with E-state index in [0.717, 1.165) is 5.56 Å². The molecule has 0 aliphatic carbocycles. The molecule has 0 radical (unpaired) electrons. The Hall–Kier alpha value is -3.95. The highest BCUT2D eigenvalue weighted by Crippen LogP contribution is 2.09. The fourth-order valence-electron chi connectivity index (χ4n) is 2.34. The van der Waals surface area contributed by atoms with Crippen LogP contribution in [-0.4, -0.2) is 45.9 Å². The summed E-state index contributed by atoms with van der Waals surface area (Å²) in [6.07, 6.45) is 6.18. The molecule has 0 spiro atoms. The molecule has 0 saturated carbocycles. The van der Waals surface area contributed by atoms with Crippen LogP contribution in [0.5, 0.6) is 0 Å². The van der Waals surface area contributed by atoms with Crippen molar-refractivity contribution in [3.05, 3.63) is 72.7 Å². The van der Waals surface area contributed by atoms with Crippen LogP contribution < -0.4 is 5.32 Å². The van der Waals surface area contributed by atoms with Gasteiger partial charge in [-0.3, -0.25) is 4.79 Å². The van der Waals surface area contributed by atoms with E-state index >= 15 is 0 Å². The van der Waals surface area contributed by atoms with Gasteiger partial charge < -0.3 is 5.32 Å². The van der Waals surface area contributed by atoms with Crippen LogP contribution in [0.2, 0.25) is 0 Å². The van der Waals surface area contributed by atoms with Crippen molar-refractivity contribution in [3.8, 4) is 11.5 Å². The molecule has 0 aliphatic rings. The SMILES string of the molecule is O=C(NCc1ccc(-n2cncn2)nc1)c1cccc(-n2cnnn2)c1. The lowest BCUT2D eigenvalue weighted by Gasteiger charge is -2.07. The molecule has 10 nitrogen and oxygen atoms in total. The van der Waals surface area contributed by atoms with E-state index in [1.165, 1.54) is 17.3 Å². The van der Waals surface area contributed by atoms with Gasteiger partial charge in [0, 0.05) is 18.3 Å². The van der Waals surface area contributed by atoms with E-state index in [4.69, 9.17) is 0 Å². The number of pyridine rings is 1. The summed E-state index contributed by atoms with van der Waals surface area (Å²) in [5.74, 6) is 0.465. The van der Waals surface area contributed by atoms with Crippen molar-refractivity contribution in [3.63, 3.8) is 0 Å². The molecule has 0 bridgehead atoms. The summed E-state index contributed by atoms with van der Waals surface area (Å²) in [5, 5.41) is 17.9. The fourth-order valence-corrected chi connectivity index (χ4v) is 2.34. The molecule has 0 aliphatic heterocycles. The van der Waals surface area contributed by atoms with Crippen molar-refractivity contribution in [2.24, 2.45) is 0 Å². The highest BCUT2D eigenvalue weighted by Gasteiger charge is 2.08. The van der Waals surface area contributed by atoms with Gasteiger partial charge in [0.25, 0.3) is 5.91 Å². The highest BCUT2D eigenvalue weighted by atomic mass is 16.1. The molecule has 3 heterocycles. The van der Waals surface area contributed by atoms with E-state index in [1.54, 1.807) is 35.4 Å². The molecule has 26 heavy (non-hydrogen) atoms. The van der Waals surface area contributed by atoms with E-state index < -0.39 is 0 Å². The van der Waals surface area contributed by atoms with Gasteiger partial charge in [-0.05, 0) is 40.3 Å². The molecule has 3 aromatic heterocycles. The van der Waals surface area contributed by atoms with Gasteiger partial charge >= 0.3 is 0 Å². The van der Waals surface area contributed by atoms with Gasteiger partial charge in [-0.1, -0.05) is 12.1 Å². The van der Waals surface area contributed by atoms with Gasteiger partial charge in [0.15, 0.2) is 5.82 Å². The molecular weight excluding hydrogens is 334 g/mol. The van der Waals surface area contributed by atoms with Gasteiger partial charge in [-0.15, -0.1) is 5.10 Å². The third kappa shape index (κ3) is 3.29. The van der Waals surface area contributed by atoms with Crippen molar-refractivity contribution in [2.75, 3.05) is 0 Å². The largest absolute Gasteiger partial charge is 0.348 e. The minimum absolute atomic E-state index is 0.194. The molecule has 0 fully saturated rings. The number of rotatable bonds is 5. The zero-order valence-corrected chi connectivity index (χ0v) is 13.5. The Kier molecular flexibility index (Phi) is 4.13. The van der Waals surface area contributed by atoms with Crippen molar-refractivity contribution in [1.82, 2.24) is 45.3 Å². The van der Waals surface area contributed by atoms with Crippen molar-refractivity contribution >= 4 is 5.91 Å². The molecule has 4 rings (SSSR count). The summed E-state index contributed by atoms with van der Waals surface area (Å²) in [7, 11) is 0. The average Bonchev–Trinajstić information content (AvgIpc) is 3.40. The molecule has 4 aromatic rings. The number of nitrogens with one attached hydrogen (secondary N) is 1. The lowest BCUT2D eigenvalue weighted by molar-refractivity contribution is 0.0951. The second-order valence-corrected chi connectivity index (χ2v) is 5.35. The Bertz CT molecular complexity index is 995. The van der Waals surface area contributed by atoms with Gasteiger partial charge in [-0.2, -0.15) is 5.10 Å². The molecule has 0 atom stereocenters. The Morgan fingerprint density at radius 3 is 2.81 bits per heavy atom. The normalized spacial score (nSPS) is 10.6. The number of carbonyl (C=O) groups is 1. The zero-order valence-electron chi connectivity index (χ0n) is 13.5. The van der Waals surface area contributed by atoms with Crippen LogP contribution >= 0.6 is 0 Å². The number of aromatic nitrogens is 8. The maximum atomic E-state index is 12.4.